The van der Waals surface area contributed by atoms with Crippen molar-refractivity contribution in [1.82, 2.24) is 9.47 Å². The minimum absolute atomic E-state index is 0.0489. The van der Waals surface area contributed by atoms with E-state index in [9.17, 15) is 9.90 Å². The Balaban J connectivity index is 1.99. The van der Waals surface area contributed by atoms with E-state index in [0.29, 0.717) is 13.0 Å². The van der Waals surface area contributed by atoms with Crippen LogP contribution in [0.1, 0.15) is 53.8 Å². The maximum atomic E-state index is 12.5. The number of nitrogens with zero attached hydrogens (tertiary/aromatic N) is 2. The van der Waals surface area contributed by atoms with Crippen LogP contribution in [0, 0.1) is 13.8 Å². The Kier molecular flexibility index (Phi) is 4.23. The lowest BCUT2D eigenvalue weighted by Crippen LogP contribution is -2.34. The van der Waals surface area contributed by atoms with E-state index in [-0.39, 0.29) is 5.91 Å². The zero-order chi connectivity index (χ0) is 14.9. The van der Waals surface area contributed by atoms with E-state index in [0.717, 1.165) is 42.6 Å². The number of hydrogen-bond acceptors (Lipinski definition) is 2. The standard InChI is InChI=1S/C16H26N2O2/c1-12-11-14(13(2)18(12)4)15(19)17(3)10-9-16(20)7-5-6-8-16/h11,20H,5-10H2,1-4H3. The summed E-state index contributed by atoms with van der Waals surface area (Å²) in [5.74, 6) is 0.0489. The average Bonchev–Trinajstić information content (AvgIpc) is 2.95. The molecule has 0 atom stereocenters. The van der Waals surface area contributed by atoms with Gasteiger partial charge in [0.2, 0.25) is 0 Å². The Bertz CT molecular complexity index is 499. The lowest BCUT2D eigenvalue weighted by molar-refractivity contribution is 0.0296. The van der Waals surface area contributed by atoms with Gasteiger partial charge in [-0.2, -0.15) is 0 Å². The molecule has 1 aromatic rings. The molecule has 0 aliphatic heterocycles. The van der Waals surface area contributed by atoms with E-state index in [4.69, 9.17) is 0 Å². The normalized spacial score (nSPS) is 17.4. The van der Waals surface area contributed by atoms with Gasteiger partial charge in [0.15, 0.2) is 0 Å². The molecule has 1 fully saturated rings. The molecule has 4 nitrogen and oxygen atoms in total. The lowest BCUT2D eigenvalue weighted by Gasteiger charge is -2.25. The molecule has 0 spiro atoms. The molecule has 1 heterocycles. The van der Waals surface area contributed by atoms with Crippen molar-refractivity contribution in [2.24, 2.45) is 7.05 Å². The summed E-state index contributed by atoms with van der Waals surface area (Å²) < 4.78 is 2.03. The molecule has 0 aromatic carbocycles. The maximum absolute atomic E-state index is 12.5. The van der Waals surface area contributed by atoms with Gasteiger partial charge in [0.25, 0.3) is 5.91 Å². The number of amides is 1. The molecule has 20 heavy (non-hydrogen) atoms. The first-order valence-electron chi connectivity index (χ1n) is 7.45. The number of aliphatic hydroxyl groups is 1. The van der Waals surface area contributed by atoms with Gasteiger partial charge < -0.3 is 14.6 Å². The predicted molar refractivity (Wildman–Crippen MR) is 79.9 cm³/mol. The Morgan fingerprint density at radius 2 is 2.00 bits per heavy atom. The van der Waals surface area contributed by atoms with Crippen molar-refractivity contribution in [3.63, 3.8) is 0 Å². The number of carbonyl (C=O) groups is 1. The molecular weight excluding hydrogens is 252 g/mol. The van der Waals surface area contributed by atoms with Gasteiger partial charge in [-0.05, 0) is 39.2 Å². The highest BCUT2D eigenvalue weighted by atomic mass is 16.3. The molecule has 2 rings (SSSR count). The van der Waals surface area contributed by atoms with Crippen LogP contribution in [-0.2, 0) is 7.05 Å². The third kappa shape index (κ3) is 2.90. The van der Waals surface area contributed by atoms with Gasteiger partial charge in [0, 0.05) is 32.0 Å². The second-order valence-electron chi connectivity index (χ2n) is 6.25. The van der Waals surface area contributed by atoms with Crippen LogP contribution in [0.4, 0.5) is 0 Å². The third-order valence-electron chi connectivity index (χ3n) is 4.80. The van der Waals surface area contributed by atoms with Gasteiger partial charge in [-0.25, -0.2) is 0 Å². The molecule has 0 unspecified atom stereocenters. The van der Waals surface area contributed by atoms with Gasteiger partial charge in [-0.15, -0.1) is 0 Å². The summed E-state index contributed by atoms with van der Waals surface area (Å²) in [5, 5.41) is 10.4. The molecule has 4 heteroatoms. The fourth-order valence-corrected chi connectivity index (χ4v) is 3.04. The minimum Gasteiger partial charge on any atom is -0.390 e. The van der Waals surface area contributed by atoms with Crippen molar-refractivity contribution in [1.29, 1.82) is 0 Å². The summed E-state index contributed by atoms with van der Waals surface area (Å²) in [6.45, 7) is 4.59. The molecule has 1 amide bonds. The first-order chi connectivity index (χ1) is 9.34. The molecule has 112 valence electrons. The third-order valence-corrected chi connectivity index (χ3v) is 4.80. The fraction of sp³-hybridized carbons (Fsp3) is 0.688. The van der Waals surface area contributed by atoms with Gasteiger partial charge in [0.05, 0.1) is 11.2 Å². The van der Waals surface area contributed by atoms with E-state index < -0.39 is 5.60 Å². The van der Waals surface area contributed by atoms with Crippen LogP contribution in [0.5, 0.6) is 0 Å². The second-order valence-corrected chi connectivity index (χ2v) is 6.25. The summed E-state index contributed by atoms with van der Waals surface area (Å²) >= 11 is 0. The largest absolute Gasteiger partial charge is 0.390 e. The quantitative estimate of drug-likeness (QED) is 0.919. The first kappa shape index (κ1) is 15.1. The summed E-state index contributed by atoms with van der Waals surface area (Å²) in [4.78, 5) is 14.2. The smallest absolute Gasteiger partial charge is 0.255 e. The molecule has 1 N–H and O–H groups in total. The number of aromatic nitrogens is 1. The van der Waals surface area contributed by atoms with Crippen molar-refractivity contribution in [2.75, 3.05) is 13.6 Å². The molecule has 1 aromatic heterocycles. The molecular formula is C16H26N2O2. The van der Waals surface area contributed by atoms with Crippen LogP contribution >= 0.6 is 0 Å². The summed E-state index contributed by atoms with van der Waals surface area (Å²) in [5.41, 5.74) is 2.31. The zero-order valence-corrected chi connectivity index (χ0v) is 13.1. The Labute approximate surface area is 121 Å². The molecule has 1 saturated carbocycles. The van der Waals surface area contributed by atoms with E-state index in [1.807, 2.05) is 38.6 Å². The summed E-state index contributed by atoms with van der Waals surface area (Å²) in [6.07, 6.45) is 4.63. The average molecular weight is 278 g/mol. The van der Waals surface area contributed by atoms with Crippen LogP contribution in [0.3, 0.4) is 0 Å². The van der Waals surface area contributed by atoms with Gasteiger partial charge in [0.1, 0.15) is 0 Å². The Morgan fingerprint density at radius 3 is 2.50 bits per heavy atom. The highest BCUT2D eigenvalue weighted by molar-refractivity contribution is 5.95. The highest BCUT2D eigenvalue weighted by Crippen LogP contribution is 2.32. The van der Waals surface area contributed by atoms with Gasteiger partial charge in [-0.1, -0.05) is 12.8 Å². The number of rotatable bonds is 4. The number of aryl methyl sites for hydroxylation is 1. The van der Waals surface area contributed by atoms with Gasteiger partial charge in [-0.3, -0.25) is 4.79 Å². The number of hydrogen-bond donors (Lipinski definition) is 1. The van der Waals surface area contributed by atoms with Crippen LogP contribution in [0.2, 0.25) is 0 Å². The zero-order valence-electron chi connectivity index (χ0n) is 13.1. The minimum atomic E-state index is -0.545. The van der Waals surface area contributed by atoms with Crippen LogP contribution in [-0.4, -0.2) is 39.7 Å². The van der Waals surface area contributed by atoms with Crippen molar-refractivity contribution in [3.8, 4) is 0 Å². The van der Waals surface area contributed by atoms with Crippen molar-refractivity contribution in [3.05, 3.63) is 23.0 Å². The highest BCUT2D eigenvalue weighted by Gasteiger charge is 2.31. The predicted octanol–water partition coefficient (Wildman–Crippen LogP) is 2.41. The fourth-order valence-electron chi connectivity index (χ4n) is 3.04. The summed E-state index contributed by atoms with van der Waals surface area (Å²) in [6, 6.07) is 1.94. The monoisotopic (exact) mass is 278 g/mol. The second kappa shape index (κ2) is 5.60. The Morgan fingerprint density at radius 1 is 1.40 bits per heavy atom. The number of carbonyl (C=O) groups excluding carboxylic acids is 1. The lowest BCUT2D eigenvalue weighted by atomic mass is 9.98. The van der Waals surface area contributed by atoms with E-state index in [1.54, 1.807) is 4.90 Å². The first-order valence-corrected chi connectivity index (χ1v) is 7.45. The molecule has 1 aliphatic carbocycles. The Hall–Kier alpha value is -1.29. The van der Waals surface area contributed by atoms with Gasteiger partial charge >= 0.3 is 0 Å². The van der Waals surface area contributed by atoms with Crippen LogP contribution in [0.25, 0.3) is 0 Å². The SMILES string of the molecule is Cc1cc(C(=O)N(C)CCC2(O)CCCC2)c(C)n1C. The molecule has 1 aliphatic rings. The van der Waals surface area contributed by atoms with Crippen LogP contribution < -0.4 is 0 Å². The van der Waals surface area contributed by atoms with E-state index in [2.05, 4.69) is 0 Å². The molecule has 0 radical (unpaired) electrons. The van der Waals surface area contributed by atoms with E-state index in [1.165, 1.54) is 0 Å². The van der Waals surface area contributed by atoms with Crippen molar-refractivity contribution in [2.45, 2.75) is 51.6 Å². The molecule has 0 bridgehead atoms. The van der Waals surface area contributed by atoms with E-state index >= 15 is 0 Å². The molecule has 0 saturated heterocycles. The summed E-state index contributed by atoms with van der Waals surface area (Å²) in [7, 11) is 3.80. The van der Waals surface area contributed by atoms with Crippen molar-refractivity contribution < 1.29 is 9.90 Å². The maximum Gasteiger partial charge on any atom is 0.255 e. The van der Waals surface area contributed by atoms with Crippen LogP contribution in [0.15, 0.2) is 6.07 Å². The van der Waals surface area contributed by atoms with Crippen molar-refractivity contribution >= 4 is 5.91 Å². The topological polar surface area (TPSA) is 45.5 Å².